The van der Waals surface area contributed by atoms with Gasteiger partial charge in [0.05, 0.1) is 10.6 Å². The van der Waals surface area contributed by atoms with Gasteiger partial charge < -0.3 is 10.5 Å². The van der Waals surface area contributed by atoms with Crippen molar-refractivity contribution in [2.24, 2.45) is 0 Å². The van der Waals surface area contributed by atoms with Crippen LogP contribution in [0.25, 0.3) is 11.3 Å². The highest BCUT2D eigenvalue weighted by Crippen LogP contribution is 2.32. The normalized spacial score (nSPS) is 11.5. The summed E-state index contributed by atoms with van der Waals surface area (Å²) in [5.41, 5.74) is 8.02. The average Bonchev–Trinajstić information content (AvgIpc) is 2.80. The van der Waals surface area contributed by atoms with E-state index in [4.69, 9.17) is 10.5 Å². The highest BCUT2D eigenvalue weighted by Gasteiger charge is 2.20. The molecule has 3 aromatic carbocycles. The standard InChI is InChI=1S/C25H22F2N4O3S/c1-15(2)19-8-3-4-9-20(19)22-14-24(34-23-11-10-16(26)12-21(23)27)30-25(29-22)31-35(32,33)18-7-5-6-17(28)13-18/h3-15H,28H2,1-2H3,(H,29,30,31). The molecule has 0 radical (unpaired) electrons. The van der Waals surface area contributed by atoms with Crippen LogP contribution in [0.5, 0.6) is 11.6 Å². The fourth-order valence-electron chi connectivity index (χ4n) is 3.43. The molecule has 0 fully saturated rings. The second-order valence-corrected chi connectivity index (χ2v) is 9.69. The molecule has 0 amide bonds. The Labute approximate surface area is 201 Å². The summed E-state index contributed by atoms with van der Waals surface area (Å²) in [6.07, 6.45) is 0. The molecule has 0 saturated carbocycles. The second-order valence-electron chi connectivity index (χ2n) is 8.01. The van der Waals surface area contributed by atoms with Crippen molar-refractivity contribution >= 4 is 21.7 Å². The summed E-state index contributed by atoms with van der Waals surface area (Å²) >= 11 is 0. The highest BCUT2D eigenvalue weighted by atomic mass is 32.2. The quantitative estimate of drug-likeness (QED) is 0.317. The van der Waals surface area contributed by atoms with E-state index < -0.39 is 21.7 Å². The van der Waals surface area contributed by atoms with Crippen molar-refractivity contribution in [2.75, 3.05) is 10.5 Å². The fraction of sp³-hybridized carbons (Fsp3) is 0.120. The predicted octanol–water partition coefficient (Wildman–Crippen LogP) is 5.72. The van der Waals surface area contributed by atoms with Crippen molar-refractivity contribution in [1.82, 2.24) is 9.97 Å². The number of aromatic nitrogens is 2. The number of nitrogens with one attached hydrogen (secondary N) is 1. The minimum atomic E-state index is -4.10. The van der Waals surface area contributed by atoms with Crippen molar-refractivity contribution in [3.8, 4) is 22.9 Å². The molecule has 0 spiro atoms. The molecular weight excluding hydrogens is 474 g/mol. The van der Waals surface area contributed by atoms with E-state index in [0.29, 0.717) is 11.8 Å². The van der Waals surface area contributed by atoms with Crippen molar-refractivity contribution < 1.29 is 21.9 Å². The minimum Gasteiger partial charge on any atom is -0.436 e. The number of nitrogens with two attached hydrogens (primary N) is 1. The van der Waals surface area contributed by atoms with Gasteiger partial charge in [-0.15, -0.1) is 0 Å². The summed E-state index contributed by atoms with van der Waals surface area (Å²) in [7, 11) is -4.10. The van der Waals surface area contributed by atoms with Crippen molar-refractivity contribution in [3.63, 3.8) is 0 Å². The van der Waals surface area contributed by atoms with Gasteiger partial charge in [0.15, 0.2) is 11.6 Å². The van der Waals surface area contributed by atoms with Gasteiger partial charge in [0.1, 0.15) is 5.82 Å². The third-order valence-corrected chi connectivity index (χ3v) is 6.39. The average molecular weight is 497 g/mol. The topological polar surface area (TPSA) is 107 Å². The fourth-order valence-corrected chi connectivity index (χ4v) is 4.42. The van der Waals surface area contributed by atoms with Crippen LogP contribution in [0.2, 0.25) is 0 Å². The molecule has 7 nitrogen and oxygen atoms in total. The number of halogens is 2. The maximum absolute atomic E-state index is 14.2. The first-order valence-electron chi connectivity index (χ1n) is 10.6. The summed E-state index contributed by atoms with van der Waals surface area (Å²) in [5, 5.41) is 0. The monoisotopic (exact) mass is 496 g/mol. The second kappa shape index (κ2) is 9.67. The molecule has 0 aliphatic heterocycles. The molecule has 0 bridgehead atoms. The number of benzene rings is 3. The van der Waals surface area contributed by atoms with Gasteiger partial charge in [-0.05, 0) is 41.8 Å². The van der Waals surface area contributed by atoms with Gasteiger partial charge in [-0.25, -0.2) is 26.9 Å². The van der Waals surface area contributed by atoms with Crippen LogP contribution < -0.4 is 15.2 Å². The van der Waals surface area contributed by atoms with E-state index >= 15 is 0 Å². The van der Waals surface area contributed by atoms with Crippen LogP contribution in [-0.2, 0) is 10.0 Å². The van der Waals surface area contributed by atoms with E-state index in [2.05, 4.69) is 14.7 Å². The molecule has 0 aliphatic carbocycles. The molecular formula is C25H22F2N4O3S. The Morgan fingerprint density at radius 2 is 1.71 bits per heavy atom. The maximum atomic E-state index is 14.2. The number of ether oxygens (including phenoxy) is 1. The van der Waals surface area contributed by atoms with Crippen LogP contribution in [0.15, 0.2) is 77.7 Å². The zero-order valence-corrected chi connectivity index (χ0v) is 19.7. The first kappa shape index (κ1) is 24.1. The van der Waals surface area contributed by atoms with Gasteiger partial charge >= 0.3 is 0 Å². The van der Waals surface area contributed by atoms with Gasteiger partial charge in [0.25, 0.3) is 10.0 Å². The highest BCUT2D eigenvalue weighted by molar-refractivity contribution is 7.92. The van der Waals surface area contributed by atoms with E-state index in [1.54, 1.807) is 6.07 Å². The van der Waals surface area contributed by atoms with Gasteiger partial charge in [0, 0.05) is 23.4 Å². The number of nitrogen functional groups attached to an aromatic ring is 1. The van der Waals surface area contributed by atoms with Crippen LogP contribution in [0.3, 0.4) is 0 Å². The summed E-state index contributed by atoms with van der Waals surface area (Å²) in [6, 6.07) is 17.5. The molecule has 1 aromatic heterocycles. The van der Waals surface area contributed by atoms with Crippen LogP contribution in [0.1, 0.15) is 25.3 Å². The lowest BCUT2D eigenvalue weighted by Gasteiger charge is -2.15. The molecule has 0 aliphatic rings. The molecule has 4 aromatic rings. The van der Waals surface area contributed by atoms with E-state index in [1.165, 1.54) is 24.3 Å². The number of sulfonamides is 1. The molecule has 0 saturated heterocycles. The molecule has 4 rings (SSSR count). The lowest BCUT2D eigenvalue weighted by Crippen LogP contribution is -2.16. The van der Waals surface area contributed by atoms with Crippen molar-refractivity contribution in [3.05, 3.63) is 90.0 Å². The molecule has 180 valence electrons. The van der Waals surface area contributed by atoms with E-state index in [1.807, 2.05) is 38.1 Å². The van der Waals surface area contributed by atoms with Crippen LogP contribution in [0, 0.1) is 11.6 Å². The Hall–Kier alpha value is -4.05. The van der Waals surface area contributed by atoms with Crippen LogP contribution >= 0.6 is 0 Å². The summed E-state index contributed by atoms with van der Waals surface area (Å²) in [5.74, 6) is -2.27. The Kier molecular flexibility index (Phi) is 6.65. The van der Waals surface area contributed by atoms with Crippen LogP contribution in [-0.4, -0.2) is 18.4 Å². The Bertz CT molecular complexity index is 1490. The Morgan fingerprint density at radius 3 is 2.43 bits per heavy atom. The SMILES string of the molecule is CC(C)c1ccccc1-c1cc(Oc2ccc(F)cc2F)nc(NS(=O)(=O)c2cccc(N)c2)n1. The largest absolute Gasteiger partial charge is 0.436 e. The number of hydrogen-bond acceptors (Lipinski definition) is 6. The van der Waals surface area contributed by atoms with Gasteiger partial charge in [-0.1, -0.05) is 44.2 Å². The zero-order valence-electron chi connectivity index (χ0n) is 18.9. The zero-order chi connectivity index (χ0) is 25.2. The molecule has 1 heterocycles. The number of nitrogens with zero attached hydrogens (tertiary/aromatic N) is 2. The number of anilines is 2. The molecule has 10 heteroatoms. The summed E-state index contributed by atoms with van der Waals surface area (Å²) < 4.78 is 61.3. The van der Waals surface area contributed by atoms with Crippen molar-refractivity contribution in [2.45, 2.75) is 24.7 Å². The Morgan fingerprint density at radius 1 is 0.943 bits per heavy atom. The third-order valence-electron chi connectivity index (χ3n) is 5.06. The third kappa shape index (κ3) is 5.55. The lowest BCUT2D eigenvalue weighted by atomic mass is 9.95. The molecule has 0 unspecified atom stereocenters. The molecule has 0 atom stereocenters. The molecule has 35 heavy (non-hydrogen) atoms. The van der Waals surface area contributed by atoms with Crippen molar-refractivity contribution in [1.29, 1.82) is 0 Å². The minimum absolute atomic E-state index is 0.0823. The summed E-state index contributed by atoms with van der Waals surface area (Å²) in [6.45, 7) is 4.02. The summed E-state index contributed by atoms with van der Waals surface area (Å²) in [4.78, 5) is 8.42. The maximum Gasteiger partial charge on any atom is 0.264 e. The van der Waals surface area contributed by atoms with E-state index in [9.17, 15) is 17.2 Å². The van der Waals surface area contributed by atoms with E-state index in [0.717, 1.165) is 23.3 Å². The number of hydrogen-bond donors (Lipinski definition) is 2. The first-order valence-corrected chi connectivity index (χ1v) is 12.1. The lowest BCUT2D eigenvalue weighted by molar-refractivity contribution is 0.423. The first-order chi connectivity index (χ1) is 16.6. The number of rotatable bonds is 7. The van der Waals surface area contributed by atoms with Gasteiger partial charge in [-0.2, -0.15) is 4.98 Å². The smallest absolute Gasteiger partial charge is 0.264 e. The molecule has 3 N–H and O–H groups in total. The predicted molar refractivity (Wildman–Crippen MR) is 130 cm³/mol. The van der Waals surface area contributed by atoms with Gasteiger partial charge in [-0.3, -0.25) is 0 Å². The Balaban J connectivity index is 1.81. The van der Waals surface area contributed by atoms with Gasteiger partial charge in [0.2, 0.25) is 11.8 Å². The van der Waals surface area contributed by atoms with Crippen LogP contribution in [0.4, 0.5) is 20.4 Å². The van der Waals surface area contributed by atoms with E-state index in [-0.39, 0.29) is 34.1 Å².